The van der Waals surface area contributed by atoms with E-state index >= 15 is 0 Å². The van der Waals surface area contributed by atoms with Crippen molar-refractivity contribution in [1.82, 2.24) is 20.6 Å². The van der Waals surface area contributed by atoms with Gasteiger partial charge in [0.2, 0.25) is 0 Å². The van der Waals surface area contributed by atoms with Crippen LogP contribution in [0.2, 0.25) is 0 Å². The zero-order chi connectivity index (χ0) is 26.2. The number of hydrogen-bond acceptors (Lipinski definition) is 7. The van der Waals surface area contributed by atoms with Crippen LogP contribution in [-0.2, 0) is 4.79 Å². The minimum atomic E-state index is -1.03. The average Bonchev–Trinajstić information content (AvgIpc) is 3.24. The van der Waals surface area contributed by atoms with Crippen LogP contribution in [0.25, 0.3) is 0 Å². The number of anilines is 2. The lowest BCUT2D eigenvalue weighted by Crippen LogP contribution is -2.36. The van der Waals surface area contributed by atoms with Crippen LogP contribution < -0.4 is 21.3 Å². The van der Waals surface area contributed by atoms with Gasteiger partial charge >= 0.3 is 12.0 Å². The first-order chi connectivity index (χ1) is 17.2. The lowest BCUT2D eigenvalue weighted by Gasteiger charge is -2.24. The summed E-state index contributed by atoms with van der Waals surface area (Å²) in [4.78, 5) is 57.7. The van der Waals surface area contributed by atoms with E-state index in [1.54, 1.807) is 50.4 Å². The first-order valence-electron chi connectivity index (χ1n) is 11.0. The predicted molar refractivity (Wildman–Crippen MR) is 135 cm³/mol. The summed E-state index contributed by atoms with van der Waals surface area (Å²) in [7, 11) is 1.47. The van der Waals surface area contributed by atoms with Crippen LogP contribution in [0.4, 0.5) is 15.6 Å². The molecule has 0 aliphatic carbocycles. The van der Waals surface area contributed by atoms with Crippen molar-refractivity contribution in [2.45, 2.75) is 26.3 Å². The summed E-state index contributed by atoms with van der Waals surface area (Å²) in [6, 6.07) is 8.44. The van der Waals surface area contributed by atoms with E-state index in [0.29, 0.717) is 28.2 Å². The van der Waals surface area contributed by atoms with Crippen molar-refractivity contribution in [2.24, 2.45) is 5.92 Å². The second kappa shape index (κ2) is 11.9. The summed E-state index contributed by atoms with van der Waals surface area (Å²) in [6.07, 6.45) is 3.40. The number of hydrogen-bond donors (Lipinski definition) is 5. The van der Waals surface area contributed by atoms with Crippen molar-refractivity contribution in [3.63, 3.8) is 0 Å². The molecule has 0 bridgehead atoms. The number of aliphatic carboxylic acids is 1. The maximum Gasteiger partial charge on any atom is 0.320 e. The lowest BCUT2D eigenvalue weighted by atomic mass is 9.91. The first kappa shape index (κ1) is 26.3. The molecule has 0 saturated carbocycles. The smallest absolute Gasteiger partial charge is 0.320 e. The fraction of sp³-hybridized carbons (Fsp3) is 0.250. The van der Waals surface area contributed by atoms with Gasteiger partial charge in [0.05, 0.1) is 17.7 Å². The highest BCUT2D eigenvalue weighted by Crippen LogP contribution is 2.26. The van der Waals surface area contributed by atoms with Crippen LogP contribution in [0.15, 0.2) is 48.8 Å². The second-order valence-corrected chi connectivity index (χ2v) is 8.76. The second-order valence-electron chi connectivity index (χ2n) is 7.76. The quantitative estimate of drug-likeness (QED) is 0.294. The van der Waals surface area contributed by atoms with Crippen LogP contribution in [-0.4, -0.2) is 45.9 Å². The molecule has 2 aromatic heterocycles. The number of amides is 4. The molecular weight excluding hydrogens is 484 g/mol. The van der Waals surface area contributed by atoms with Crippen molar-refractivity contribution in [3.8, 4) is 0 Å². The number of carboxylic acids is 1. The van der Waals surface area contributed by atoms with Gasteiger partial charge in [-0.15, -0.1) is 0 Å². The Hall–Kier alpha value is -4.32. The number of rotatable bonds is 9. The number of nitrogens with one attached hydrogen (secondary N) is 4. The molecule has 11 nitrogen and oxygen atoms in total. The Kier molecular flexibility index (Phi) is 8.68. The molecule has 12 heteroatoms. The summed E-state index contributed by atoms with van der Waals surface area (Å²) >= 11 is 1.02. The minimum absolute atomic E-state index is 0.241. The highest BCUT2D eigenvalue weighted by atomic mass is 32.1. The third kappa shape index (κ3) is 6.42. The SMILES string of the molecule is CCC(C(=O)O)C(NC(=O)c1cccc(NC(=O)c2sc(NC(=O)NC)nc2C)c1)c1cccnc1. The van der Waals surface area contributed by atoms with Crippen molar-refractivity contribution in [2.75, 3.05) is 17.7 Å². The summed E-state index contributed by atoms with van der Waals surface area (Å²) in [6.45, 7) is 3.39. The number of aryl methyl sites for hydroxylation is 1. The number of carboxylic acid groups (broad SMARTS) is 1. The van der Waals surface area contributed by atoms with Crippen LogP contribution in [0.3, 0.4) is 0 Å². The Morgan fingerprint density at radius 3 is 2.50 bits per heavy atom. The molecule has 1 aromatic carbocycles. The minimum Gasteiger partial charge on any atom is -0.481 e. The number of thiazole rings is 1. The van der Waals surface area contributed by atoms with Crippen LogP contribution >= 0.6 is 11.3 Å². The molecule has 4 amide bonds. The van der Waals surface area contributed by atoms with Gasteiger partial charge < -0.3 is 21.1 Å². The van der Waals surface area contributed by atoms with E-state index in [9.17, 15) is 24.3 Å². The fourth-order valence-electron chi connectivity index (χ4n) is 3.50. The highest BCUT2D eigenvalue weighted by molar-refractivity contribution is 7.17. The van der Waals surface area contributed by atoms with Gasteiger partial charge in [-0.2, -0.15) is 0 Å². The predicted octanol–water partition coefficient (Wildman–Crippen LogP) is 3.43. The molecule has 0 saturated heterocycles. The third-order valence-electron chi connectivity index (χ3n) is 5.32. The Morgan fingerprint density at radius 2 is 1.86 bits per heavy atom. The van der Waals surface area contributed by atoms with E-state index in [0.717, 1.165) is 11.3 Å². The van der Waals surface area contributed by atoms with Gasteiger partial charge in [-0.05, 0) is 43.2 Å². The third-order valence-corrected chi connectivity index (χ3v) is 6.39. The van der Waals surface area contributed by atoms with Crippen LogP contribution in [0.1, 0.15) is 50.7 Å². The zero-order valence-corrected chi connectivity index (χ0v) is 20.7. The molecule has 2 atom stereocenters. The number of carbonyl (C=O) groups excluding carboxylic acids is 3. The number of pyridine rings is 1. The van der Waals surface area contributed by atoms with Gasteiger partial charge in [0.25, 0.3) is 11.8 Å². The molecular formula is C24H26N6O5S. The van der Waals surface area contributed by atoms with E-state index in [1.807, 2.05) is 0 Å². The van der Waals surface area contributed by atoms with Crippen molar-refractivity contribution in [3.05, 3.63) is 70.5 Å². The van der Waals surface area contributed by atoms with Crippen molar-refractivity contribution in [1.29, 1.82) is 0 Å². The van der Waals surface area contributed by atoms with Gasteiger partial charge in [0.1, 0.15) is 4.88 Å². The molecule has 5 N–H and O–H groups in total. The fourth-order valence-corrected chi connectivity index (χ4v) is 4.36. The molecule has 0 fully saturated rings. The summed E-state index contributed by atoms with van der Waals surface area (Å²) in [5, 5.41) is 20.4. The summed E-state index contributed by atoms with van der Waals surface area (Å²) in [5.74, 6) is -2.82. The van der Waals surface area contributed by atoms with Crippen molar-refractivity contribution < 1.29 is 24.3 Å². The molecule has 0 aliphatic rings. The number of carbonyl (C=O) groups is 4. The maximum atomic E-state index is 13.1. The van der Waals surface area contributed by atoms with Crippen LogP contribution in [0, 0.1) is 12.8 Å². The lowest BCUT2D eigenvalue weighted by molar-refractivity contribution is -0.142. The Balaban J connectivity index is 1.78. The molecule has 3 rings (SSSR count). The van der Waals surface area contributed by atoms with E-state index in [4.69, 9.17) is 0 Å². The van der Waals surface area contributed by atoms with Gasteiger partial charge in [-0.25, -0.2) is 9.78 Å². The molecule has 0 spiro atoms. The van der Waals surface area contributed by atoms with Gasteiger partial charge in [0.15, 0.2) is 5.13 Å². The molecule has 3 aromatic rings. The topological polar surface area (TPSA) is 162 Å². The Bertz CT molecular complexity index is 1260. The van der Waals surface area contributed by atoms with Gasteiger partial charge in [0, 0.05) is 30.7 Å². The maximum absolute atomic E-state index is 13.1. The molecule has 188 valence electrons. The Labute approximate surface area is 211 Å². The van der Waals surface area contributed by atoms with Gasteiger partial charge in [-0.3, -0.25) is 24.7 Å². The highest BCUT2D eigenvalue weighted by Gasteiger charge is 2.30. The van der Waals surface area contributed by atoms with Crippen LogP contribution in [0.5, 0.6) is 0 Å². The molecule has 36 heavy (non-hydrogen) atoms. The summed E-state index contributed by atoms with van der Waals surface area (Å²) < 4.78 is 0. The normalized spacial score (nSPS) is 12.2. The van der Waals surface area contributed by atoms with E-state index < -0.39 is 35.8 Å². The van der Waals surface area contributed by atoms with E-state index in [-0.39, 0.29) is 10.7 Å². The largest absolute Gasteiger partial charge is 0.481 e. The van der Waals surface area contributed by atoms with Crippen molar-refractivity contribution >= 4 is 46.0 Å². The number of benzene rings is 1. The van der Waals surface area contributed by atoms with E-state index in [2.05, 4.69) is 31.2 Å². The van der Waals surface area contributed by atoms with E-state index in [1.165, 1.54) is 19.3 Å². The molecule has 0 radical (unpaired) electrons. The molecule has 2 unspecified atom stereocenters. The Morgan fingerprint density at radius 1 is 1.08 bits per heavy atom. The number of urea groups is 1. The zero-order valence-electron chi connectivity index (χ0n) is 19.9. The number of nitrogens with zero attached hydrogens (tertiary/aromatic N) is 2. The monoisotopic (exact) mass is 510 g/mol. The molecule has 0 aliphatic heterocycles. The number of aromatic nitrogens is 2. The molecule has 2 heterocycles. The summed E-state index contributed by atoms with van der Waals surface area (Å²) in [5.41, 5.74) is 1.62. The van der Waals surface area contributed by atoms with Gasteiger partial charge in [-0.1, -0.05) is 30.4 Å². The first-order valence-corrected chi connectivity index (χ1v) is 11.9. The standard InChI is InChI=1S/C24H26N6O5S/c1-4-17(22(33)34)18(15-8-6-10-26-12-15)29-20(31)14-7-5-9-16(11-14)28-21(32)19-13(2)27-24(36-19)30-23(35)25-3/h5-12,17-18H,4H2,1-3H3,(H,28,32)(H,29,31)(H,33,34)(H2,25,27,30,35). The average molecular weight is 511 g/mol.